The summed E-state index contributed by atoms with van der Waals surface area (Å²) in [5, 5.41) is 57.6. The van der Waals surface area contributed by atoms with E-state index >= 15 is 0 Å². The normalized spacial score (nSPS) is 10.7. The Balaban J connectivity index is 0.872. The molecule has 3 aromatic carbocycles. The van der Waals surface area contributed by atoms with E-state index in [9.17, 15) is 31.6 Å². The van der Waals surface area contributed by atoms with E-state index in [4.69, 9.17) is 14.2 Å². The van der Waals surface area contributed by atoms with Crippen LogP contribution < -0.4 is 19.1 Å². The lowest BCUT2D eigenvalue weighted by atomic mass is 10.1. The summed E-state index contributed by atoms with van der Waals surface area (Å²) in [7, 11) is 5.08. The molecule has 0 aliphatic carbocycles. The first-order valence-electron chi connectivity index (χ1n) is 29.4. The van der Waals surface area contributed by atoms with E-state index < -0.39 is 0 Å². The number of allylic oxidation sites excluding steroid dienone is 6. The number of benzene rings is 3. The Morgan fingerprint density at radius 1 is 0.287 bits per heavy atom. The molecule has 0 atom stereocenters. The standard InChI is InChI=1S/C75H51N7O3S9/c1-7-49(46(37-76)38-77)61-19-25-67(89-61)73-31-28-70(92-73)64-22-16-58(86-64)43-10-13-52(55(34-43)83-4)82(53-14-11-44(35-56(53)84-5)59-17-23-65(87-59)71-29-32-74(93-71)68-26-20-62(90-68)50(8-2)47(39-78)40-79)54-15-12-45(36-57(54)85-6)60-18-24-66(88-60)72-30-33-75(94-72)69-27-21-63(91-69)51(9-3)48(41-80)42-81/h10-36H,7-9H2,1-6H3. The molecule has 12 aromatic rings. The monoisotopic (exact) mass is 1390 g/mol. The van der Waals surface area contributed by atoms with Crippen LogP contribution in [0.2, 0.25) is 0 Å². The van der Waals surface area contributed by atoms with Gasteiger partial charge < -0.3 is 14.2 Å². The molecule has 12 rings (SSSR count). The quantitative estimate of drug-likeness (QED) is 0.0630. The number of nitriles is 6. The predicted molar refractivity (Wildman–Crippen MR) is 396 cm³/mol. The molecule has 9 aromatic heterocycles. The molecule has 0 N–H and O–H groups in total. The molecule has 0 bridgehead atoms. The minimum Gasteiger partial charge on any atom is -0.495 e. The first-order chi connectivity index (χ1) is 46.0. The van der Waals surface area contributed by atoms with Crippen LogP contribution in [0.25, 0.3) is 107 Å². The summed E-state index contributed by atoms with van der Waals surface area (Å²) >= 11 is 15.1. The largest absolute Gasteiger partial charge is 0.495 e. The van der Waals surface area contributed by atoms with Gasteiger partial charge in [0.25, 0.3) is 0 Å². The molecule has 0 saturated carbocycles. The van der Waals surface area contributed by atoms with E-state index in [0.717, 1.165) is 138 Å². The summed E-state index contributed by atoms with van der Waals surface area (Å²) in [5.74, 6) is 1.90. The second-order valence-electron chi connectivity index (χ2n) is 20.8. The average molecular weight is 1390 g/mol. The van der Waals surface area contributed by atoms with E-state index in [1.807, 2.05) is 39.0 Å². The van der Waals surface area contributed by atoms with Gasteiger partial charge in [0.05, 0.1) is 38.4 Å². The highest BCUT2D eigenvalue weighted by Gasteiger charge is 2.27. The second-order valence-corrected chi connectivity index (χ2v) is 30.5. The van der Waals surface area contributed by atoms with Crippen molar-refractivity contribution >= 4 is 136 Å². The van der Waals surface area contributed by atoms with Crippen molar-refractivity contribution in [1.29, 1.82) is 31.6 Å². The van der Waals surface area contributed by atoms with Gasteiger partial charge in [-0.1, -0.05) is 39.0 Å². The van der Waals surface area contributed by atoms with Crippen molar-refractivity contribution in [2.45, 2.75) is 40.0 Å². The maximum absolute atomic E-state index is 9.60. The van der Waals surface area contributed by atoms with Gasteiger partial charge in [-0.05, 0) is 198 Å². The lowest BCUT2D eigenvalue weighted by molar-refractivity contribution is 0.410. The smallest absolute Gasteiger partial charge is 0.143 e. The maximum Gasteiger partial charge on any atom is 0.143 e. The van der Waals surface area contributed by atoms with Gasteiger partial charge in [-0.3, -0.25) is 4.90 Å². The molecule has 10 nitrogen and oxygen atoms in total. The third-order valence-electron chi connectivity index (χ3n) is 15.6. The van der Waals surface area contributed by atoms with Crippen LogP contribution >= 0.6 is 102 Å². The third-order valence-corrected chi connectivity index (χ3v) is 26.8. The minimum atomic E-state index is 0.156. The molecule has 0 unspecified atom stereocenters. The van der Waals surface area contributed by atoms with Crippen molar-refractivity contribution in [3.8, 4) is 144 Å². The van der Waals surface area contributed by atoms with Crippen LogP contribution in [0.4, 0.5) is 17.1 Å². The fourth-order valence-corrected chi connectivity index (χ4v) is 20.9. The van der Waals surface area contributed by atoms with Crippen molar-refractivity contribution in [1.82, 2.24) is 0 Å². The van der Waals surface area contributed by atoms with E-state index in [0.29, 0.717) is 36.5 Å². The fourth-order valence-electron chi connectivity index (χ4n) is 10.9. The number of nitrogens with zero attached hydrogens (tertiary/aromatic N) is 7. The Hall–Kier alpha value is -9.68. The summed E-state index contributed by atoms with van der Waals surface area (Å²) in [6, 6.07) is 69.4. The van der Waals surface area contributed by atoms with Gasteiger partial charge in [0.2, 0.25) is 0 Å². The molecule has 94 heavy (non-hydrogen) atoms. The van der Waals surface area contributed by atoms with Crippen molar-refractivity contribution in [2.24, 2.45) is 0 Å². The van der Waals surface area contributed by atoms with Gasteiger partial charge in [0.1, 0.15) is 70.4 Å². The Morgan fingerprint density at radius 2 is 0.489 bits per heavy atom. The Bertz CT molecular complexity index is 4680. The number of hydrogen-bond acceptors (Lipinski definition) is 19. The summed E-state index contributed by atoms with van der Waals surface area (Å²) in [6.07, 6.45) is 1.79. The number of methoxy groups -OCH3 is 3. The zero-order chi connectivity index (χ0) is 65.6. The third kappa shape index (κ3) is 12.8. The first kappa shape index (κ1) is 64.4. The minimum absolute atomic E-state index is 0.156. The molecular weight excluding hydrogens is 1340 g/mol. The van der Waals surface area contributed by atoms with Crippen LogP contribution in [0.5, 0.6) is 17.2 Å². The molecule has 458 valence electrons. The van der Waals surface area contributed by atoms with Gasteiger partial charge in [-0.25, -0.2) is 0 Å². The number of anilines is 3. The van der Waals surface area contributed by atoms with Crippen LogP contribution in [0, 0.1) is 68.0 Å². The number of hydrogen-bond donors (Lipinski definition) is 0. The van der Waals surface area contributed by atoms with Crippen molar-refractivity contribution in [3.63, 3.8) is 0 Å². The second kappa shape index (κ2) is 28.7. The lowest BCUT2D eigenvalue weighted by Crippen LogP contribution is -2.13. The summed E-state index contributed by atoms with van der Waals surface area (Å²) in [6.45, 7) is 5.91. The van der Waals surface area contributed by atoms with Gasteiger partial charge in [0.15, 0.2) is 0 Å². The number of thiophene rings is 9. The summed E-state index contributed by atoms with van der Waals surface area (Å²) in [5.41, 5.74) is 8.04. The van der Waals surface area contributed by atoms with Crippen LogP contribution in [0.1, 0.15) is 54.7 Å². The zero-order valence-electron chi connectivity index (χ0n) is 51.2. The van der Waals surface area contributed by atoms with Crippen LogP contribution in [-0.2, 0) is 0 Å². The first-order valence-corrected chi connectivity index (χ1v) is 36.7. The number of ether oxygens (including phenoxy) is 3. The molecule has 0 amide bonds. The highest BCUT2D eigenvalue weighted by Crippen LogP contribution is 2.53. The zero-order valence-corrected chi connectivity index (χ0v) is 58.6. The Labute approximate surface area is 581 Å². The molecule has 0 aliphatic heterocycles. The van der Waals surface area contributed by atoms with E-state index in [2.05, 4.69) is 187 Å². The van der Waals surface area contributed by atoms with E-state index in [-0.39, 0.29) is 16.7 Å². The van der Waals surface area contributed by atoms with Crippen molar-refractivity contribution in [3.05, 3.63) is 195 Å². The average Bonchev–Trinajstić information content (AvgIpc) is 0.869. The molecule has 0 saturated heterocycles. The van der Waals surface area contributed by atoms with Crippen LogP contribution in [0.15, 0.2) is 181 Å². The molecule has 19 heteroatoms. The predicted octanol–water partition coefficient (Wildman–Crippen LogP) is 24.4. The molecular formula is C75H51N7O3S9. The molecule has 0 spiro atoms. The van der Waals surface area contributed by atoms with Gasteiger partial charge in [0, 0.05) is 87.8 Å². The van der Waals surface area contributed by atoms with E-state index in [1.165, 1.54) is 0 Å². The Kier molecular flexibility index (Phi) is 19.7. The fraction of sp³-hybridized carbons (Fsp3) is 0.120. The summed E-state index contributed by atoms with van der Waals surface area (Å²) < 4.78 is 19.2. The topological polar surface area (TPSA) is 174 Å². The van der Waals surface area contributed by atoms with Crippen molar-refractivity contribution < 1.29 is 14.2 Å². The van der Waals surface area contributed by atoms with Crippen LogP contribution in [-0.4, -0.2) is 21.3 Å². The summed E-state index contributed by atoms with van der Waals surface area (Å²) in [4.78, 5) is 21.6. The van der Waals surface area contributed by atoms with E-state index in [1.54, 1.807) is 123 Å². The Morgan fingerprint density at radius 3 is 0.702 bits per heavy atom. The highest BCUT2D eigenvalue weighted by atomic mass is 32.1. The van der Waals surface area contributed by atoms with Crippen LogP contribution in [0.3, 0.4) is 0 Å². The molecule has 0 fully saturated rings. The number of rotatable bonds is 21. The lowest BCUT2D eigenvalue weighted by Gasteiger charge is -2.30. The highest BCUT2D eigenvalue weighted by molar-refractivity contribution is 7.29. The SMILES string of the molecule is CCC(=C(C#N)C#N)c1ccc(-c2ccc(-c3ccc(-c4ccc(N(c5ccc(-c6ccc(-c7ccc(-c8ccc(C(CC)=C(C#N)C#N)s8)s7)s6)cc5OC)c5ccc(-c6ccc(-c7ccc(-c8ccc(C(CC)=C(C#N)C#N)s8)s7)s6)cc5OC)c(OC)c4)s3)s2)s1. The van der Waals surface area contributed by atoms with Gasteiger partial charge in [-0.15, -0.1) is 102 Å². The maximum atomic E-state index is 9.60. The van der Waals surface area contributed by atoms with Crippen molar-refractivity contribution in [2.75, 3.05) is 26.2 Å². The molecule has 0 aliphatic rings. The molecule has 9 heterocycles. The van der Waals surface area contributed by atoms with Gasteiger partial charge in [-0.2, -0.15) is 31.6 Å². The van der Waals surface area contributed by atoms with Gasteiger partial charge >= 0.3 is 0 Å². The molecule has 0 radical (unpaired) electrons.